The van der Waals surface area contributed by atoms with Gasteiger partial charge in [-0.15, -0.1) is 0 Å². The van der Waals surface area contributed by atoms with Crippen molar-refractivity contribution >= 4 is 5.82 Å². The van der Waals surface area contributed by atoms with E-state index in [0.717, 1.165) is 12.2 Å². The molecule has 11 heavy (non-hydrogen) atoms. The molecule has 1 aliphatic heterocycles. The monoisotopic (exact) mass is 148 g/mol. The second kappa shape index (κ2) is 2.62. The molecule has 0 unspecified atom stereocenters. The van der Waals surface area contributed by atoms with Crippen molar-refractivity contribution in [3.8, 4) is 0 Å². The Kier molecular flexibility index (Phi) is 1.48. The number of hydrogen-bond donors (Lipinski definition) is 0. The van der Waals surface area contributed by atoms with Crippen molar-refractivity contribution in [1.82, 2.24) is 5.16 Å². The zero-order valence-electron chi connectivity index (χ0n) is 5.97. The summed E-state index contributed by atoms with van der Waals surface area (Å²) in [6.07, 6.45) is 10.6. The van der Waals surface area contributed by atoms with Gasteiger partial charge in [-0.2, -0.15) is 0 Å². The van der Waals surface area contributed by atoms with Gasteiger partial charge in [-0.25, -0.2) is 0 Å². The van der Waals surface area contributed by atoms with Crippen molar-refractivity contribution in [2.45, 2.75) is 6.42 Å². The third-order valence-electron chi connectivity index (χ3n) is 1.49. The predicted molar refractivity (Wildman–Crippen MR) is 41.9 cm³/mol. The van der Waals surface area contributed by atoms with Crippen LogP contribution in [0, 0.1) is 0 Å². The first-order valence-electron chi connectivity index (χ1n) is 3.49. The summed E-state index contributed by atoms with van der Waals surface area (Å²) in [6, 6.07) is 1.82. The number of rotatable bonds is 1. The van der Waals surface area contributed by atoms with Gasteiger partial charge < -0.3 is 9.42 Å². The SMILES string of the molecule is C1=CN(c2ccon2)C=CC1. The zero-order chi connectivity index (χ0) is 7.52. The van der Waals surface area contributed by atoms with E-state index in [1.165, 1.54) is 0 Å². The quantitative estimate of drug-likeness (QED) is 0.609. The van der Waals surface area contributed by atoms with Crippen LogP contribution in [0.2, 0.25) is 0 Å². The molecular weight excluding hydrogens is 140 g/mol. The maximum Gasteiger partial charge on any atom is 0.179 e. The van der Waals surface area contributed by atoms with Crippen LogP contribution in [0.25, 0.3) is 0 Å². The maximum atomic E-state index is 4.71. The highest BCUT2D eigenvalue weighted by Gasteiger charge is 2.02. The molecule has 0 fully saturated rings. The Bertz CT molecular complexity index is 262. The fourth-order valence-corrected chi connectivity index (χ4v) is 0.969. The summed E-state index contributed by atoms with van der Waals surface area (Å²) in [5, 5.41) is 3.79. The van der Waals surface area contributed by atoms with Crippen molar-refractivity contribution in [3.05, 3.63) is 36.9 Å². The number of aromatic nitrogens is 1. The Morgan fingerprint density at radius 1 is 1.36 bits per heavy atom. The van der Waals surface area contributed by atoms with Crippen LogP contribution in [0.1, 0.15) is 6.42 Å². The van der Waals surface area contributed by atoms with Gasteiger partial charge in [0, 0.05) is 18.5 Å². The van der Waals surface area contributed by atoms with Gasteiger partial charge in [-0.3, -0.25) is 0 Å². The third-order valence-corrected chi connectivity index (χ3v) is 1.49. The Balaban J connectivity index is 2.23. The summed E-state index contributed by atoms with van der Waals surface area (Å²) in [7, 11) is 0. The highest BCUT2D eigenvalue weighted by atomic mass is 16.5. The minimum absolute atomic E-state index is 0.817. The lowest BCUT2D eigenvalue weighted by Crippen LogP contribution is -2.08. The van der Waals surface area contributed by atoms with E-state index in [4.69, 9.17) is 4.52 Å². The van der Waals surface area contributed by atoms with E-state index in [0.29, 0.717) is 0 Å². The van der Waals surface area contributed by atoms with Gasteiger partial charge in [0.2, 0.25) is 0 Å². The fourth-order valence-electron chi connectivity index (χ4n) is 0.969. The van der Waals surface area contributed by atoms with Crippen LogP contribution in [-0.2, 0) is 0 Å². The number of anilines is 1. The molecule has 2 heterocycles. The molecule has 0 N–H and O–H groups in total. The van der Waals surface area contributed by atoms with E-state index in [-0.39, 0.29) is 0 Å². The first-order chi connectivity index (χ1) is 5.47. The second-order valence-electron chi connectivity index (χ2n) is 2.27. The summed E-state index contributed by atoms with van der Waals surface area (Å²) < 4.78 is 4.71. The first-order valence-corrected chi connectivity index (χ1v) is 3.49. The van der Waals surface area contributed by atoms with E-state index >= 15 is 0 Å². The van der Waals surface area contributed by atoms with Crippen LogP contribution in [0.4, 0.5) is 5.82 Å². The molecule has 0 radical (unpaired) electrons. The van der Waals surface area contributed by atoms with Crippen molar-refractivity contribution in [1.29, 1.82) is 0 Å². The van der Waals surface area contributed by atoms with Crippen molar-refractivity contribution < 1.29 is 4.52 Å². The van der Waals surface area contributed by atoms with Crippen LogP contribution in [0.3, 0.4) is 0 Å². The molecule has 1 aromatic rings. The van der Waals surface area contributed by atoms with Crippen LogP contribution < -0.4 is 4.90 Å². The van der Waals surface area contributed by atoms with Gasteiger partial charge in [-0.05, 0) is 6.42 Å². The summed E-state index contributed by atoms with van der Waals surface area (Å²) in [6.45, 7) is 0. The van der Waals surface area contributed by atoms with Gasteiger partial charge in [0.05, 0.1) is 0 Å². The van der Waals surface area contributed by atoms with Crippen LogP contribution in [0.5, 0.6) is 0 Å². The highest BCUT2D eigenvalue weighted by Crippen LogP contribution is 2.13. The molecule has 1 aliphatic rings. The highest BCUT2D eigenvalue weighted by molar-refractivity contribution is 5.45. The van der Waals surface area contributed by atoms with Gasteiger partial charge in [0.1, 0.15) is 6.26 Å². The second-order valence-corrected chi connectivity index (χ2v) is 2.27. The number of nitrogens with zero attached hydrogens (tertiary/aromatic N) is 2. The van der Waals surface area contributed by atoms with Crippen molar-refractivity contribution in [2.24, 2.45) is 0 Å². The molecule has 2 rings (SSSR count). The summed E-state index contributed by atoms with van der Waals surface area (Å²) in [4.78, 5) is 1.91. The molecule has 0 amide bonds. The van der Waals surface area contributed by atoms with Crippen LogP contribution in [-0.4, -0.2) is 5.16 Å². The lowest BCUT2D eigenvalue weighted by atomic mass is 10.3. The Labute approximate surface area is 64.6 Å². The average Bonchev–Trinajstić information content (AvgIpc) is 2.58. The first kappa shape index (κ1) is 6.22. The number of hydrogen-bond acceptors (Lipinski definition) is 3. The van der Waals surface area contributed by atoms with Gasteiger partial charge in [-0.1, -0.05) is 17.3 Å². The molecule has 0 spiro atoms. The van der Waals surface area contributed by atoms with E-state index in [2.05, 4.69) is 17.3 Å². The lowest BCUT2D eigenvalue weighted by molar-refractivity contribution is 0.421. The molecule has 3 heteroatoms. The summed E-state index contributed by atoms with van der Waals surface area (Å²) in [5.41, 5.74) is 0. The summed E-state index contributed by atoms with van der Waals surface area (Å²) >= 11 is 0. The van der Waals surface area contributed by atoms with Crippen molar-refractivity contribution in [2.75, 3.05) is 4.90 Å². The Hall–Kier alpha value is -1.51. The normalized spacial score (nSPS) is 15.8. The molecule has 1 aromatic heterocycles. The largest absolute Gasteiger partial charge is 0.363 e. The topological polar surface area (TPSA) is 29.3 Å². The Morgan fingerprint density at radius 2 is 2.18 bits per heavy atom. The molecule has 0 saturated heterocycles. The van der Waals surface area contributed by atoms with Gasteiger partial charge in [0.15, 0.2) is 5.82 Å². The lowest BCUT2D eigenvalue weighted by Gasteiger charge is -2.12. The molecule has 3 nitrogen and oxygen atoms in total. The van der Waals surface area contributed by atoms with E-state index < -0.39 is 0 Å². The number of allylic oxidation sites excluding steroid dienone is 2. The van der Waals surface area contributed by atoms with Crippen molar-refractivity contribution in [3.63, 3.8) is 0 Å². The van der Waals surface area contributed by atoms with Gasteiger partial charge >= 0.3 is 0 Å². The van der Waals surface area contributed by atoms with E-state index in [1.54, 1.807) is 6.26 Å². The van der Waals surface area contributed by atoms with Gasteiger partial charge in [0.25, 0.3) is 0 Å². The predicted octanol–water partition coefficient (Wildman–Crippen LogP) is 1.91. The molecular formula is C8H8N2O. The molecule has 0 saturated carbocycles. The average molecular weight is 148 g/mol. The minimum Gasteiger partial charge on any atom is -0.363 e. The molecule has 0 aliphatic carbocycles. The minimum atomic E-state index is 0.817. The van der Waals surface area contributed by atoms with Crippen LogP contribution in [0.15, 0.2) is 41.4 Å². The molecule has 56 valence electrons. The smallest absolute Gasteiger partial charge is 0.179 e. The van der Waals surface area contributed by atoms with E-state index in [1.807, 2.05) is 23.4 Å². The van der Waals surface area contributed by atoms with E-state index in [9.17, 15) is 0 Å². The van der Waals surface area contributed by atoms with Crippen LogP contribution >= 0.6 is 0 Å². The molecule has 0 atom stereocenters. The Morgan fingerprint density at radius 3 is 2.82 bits per heavy atom. The standard InChI is InChI=1S/C8H8N2O/c1-2-5-10(6-3-1)8-4-7-11-9-8/h2-7H,1H2. The molecule has 0 bridgehead atoms. The zero-order valence-corrected chi connectivity index (χ0v) is 5.97. The molecule has 0 aromatic carbocycles. The summed E-state index contributed by atoms with van der Waals surface area (Å²) in [5.74, 6) is 0.817. The fraction of sp³-hybridized carbons (Fsp3) is 0.125. The maximum absolute atomic E-state index is 4.71. The third kappa shape index (κ3) is 1.17.